The summed E-state index contributed by atoms with van der Waals surface area (Å²) in [5, 5.41) is 13.4. The van der Waals surface area contributed by atoms with Gasteiger partial charge in [-0.15, -0.1) is 0 Å². The Labute approximate surface area is 174 Å². The smallest absolute Gasteiger partial charge is 0.201 e. The summed E-state index contributed by atoms with van der Waals surface area (Å²) >= 11 is 0. The van der Waals surface area contributed by atoms with Gasteiger partial charge in [-0.3, -0.25) is 4.99 Å². The molecule has 4 heteroatoms. The molecule has 0 fully saturated rings. The topological polar surface area (TPSA) is 53.3 Å². The van der Waals surface area contributed by atoms with Gasteiger partial charge in [0.15, 0.2) is 0 Å². The van der Waals surface area contributed by atoms with Gasteiger partial charge in [0.2, 0.25) is 5.88 Å². The minimum absolute atomic E-state index is 0.0469. The summed E-state index contributed by atoms with van der Waals surface area (Å²) in [4.78, 5) is 8.46. The maximum absolute atomic E-state index is 11.2. The average Bonchev–Trinajstić information content (AvgIpc) is 3.41. The van der Waals surface area contributed by atoms with Crippen molar-refractivity contribution in [3.8, 4) is 5.88 Å². The first kappa shape index (κ1) is 17.1. The number of aryl methyl sites for hydroxylation is 2. The Morgan fingerprint density at radius 3 is 2.57 bits per heavy atom. The third-order valence-corrected chi connectivity index (χ3v) is 6.33. The number of hydrogen-bond acceptors (Lipinski definition) is 2. The van der Waals surface area contributed by atoms with Gasteiger partial charge in [0, 0.05) is 29.5 Å². The minimum Gasteiger partial charge on any atom is -0.494 e. The Bertz CT molecular complexity index is 1490. The van der Waals surface area contributed by atoms with Gasteiger partial charge in [-0.2, -0.15) is 0 Å². The van der Waals surface area contributed by atoms with E-state index < -0.39 is 0 Å². The molecule has 30 heavy (non-hydrogen) atoms. The number of aliphatic imine (C=N–C) groups is 1. The minimum atomic E-state index is -0.0469. The van der Waals surface area contributed by atoms with Gasteiger partial charge < -0.3 is 14.7 Å². The van der Waals surface area contributed by atoms with Crippen molar-refractivity contribution in [3.63, 3.8) is 0 Å². The molecule has 0 bridgehead atoms. The normalized spacial score (nSPS) is 15.7. The summed E-state index contributed by atoms with van der Waals surface area (Å²) in [6.45, 7) is 2.08. The summed E-state index contributed by atoms with van der Waals surface area (Å²) in [7, 11) is 1.91. The Morgan fingerprint density at radius 2 is 1.67 bits per heavy atom. The zero-order valence-corrected chi connectivity index (χ0v) is 16.8. The highest BCUT2D eigenvalue weighted by atomic mass is 16.3. The fourth-order valence-electron chi connectivity index (χ4n) is 4.98. The molecule has 6 rings (SSSR count). The predicted molar refractivity (Wildman–Crippen MR) is 122 cm³/mol. The average molecular weight is 391 g/mol. The lowest BCUT2D eigenvalue weighted by molar-refractivity contribution is 0.434. The molecule has 3 heterocycles. The number of aromatic hydroxyl groups is 1. The molecule has 0 radical (unpaired) electrons. The molecule has 0 amide bonds. The van der Waals surface area contributed by atoms with E-state index in [-0.39, 0.29) is 11.8 Å². The number of nitrogens with zero attached hydrogens (tertiary/aromatic N) is 2. The number of aromatic amines is 1. The zero-order valence-electron chi connectivity index (χ0n) is 16.8. The van der Waals surface area contributed by atoms with Gasteiger partial charge in [0.1, 0.15) is 0 Å². The molecular formula is C26H21N3O. The SMILES string of the molecule is Cc1cccc2c(C3=Nc4ccccc4C3c3c[nH]c4ccccc34)c(O)n(C)c12. The molecule has 3 aromatic carbocycles. The number of aromatic nitrogens is 2. The fraction of sp³-hybridized carbons (Fsp3) is 0.115. The quantitative estimate of drug-likeness (QED) is 0.384. The second-order valence-corrected chi connectivity index (χ2v) is 8.01. The van der Waals surface area contributed by atoms with E-state index in [0.717, 1.165) is 38.9 Å². The molecule has 2 aromatic heterocycles. The lowest BCUT2D eigenvalue weighted by atomic mass is 9.85. The van der Waals surface area contributed by atoms with E-state index >= 15 is 0 Å². The van der Waals surface area contributed by atoms with Crippen LogP contribution in [0.1, 0.15) is 28.2 Å². The van der Waals surface area contributed by atoms with Crippen LogP contribution >= 0.6 is 0 Å². The van der Waals surface area contributed by atoms with Crippen LogP contribution in [0.3, 0.4) is 0 Å². The Kier molecular flexibility index (Phi) is 3.48. The van der Waals surface area contributed by atoms with E-state index in [4.69, 9.17) is 4.99 Å². The highest BCUT2D eigenvalue weighted by Gasteiger charge is 2.35. The van der Waals surface area contributed by atoms with Gasteiger partial charge in [-0.1, -0.05) is 54.6 Å². The van der Waals surface area contributed by atoms with Gasteiger partial charge in [0.25, 0.3) is 0 Å². The van der Waals surface area contributed by atoms with Crippen molar-refractivity contribution < 1.29 is 5.11 Å². The number of nitrogens with one attached hydrogen (secondary N) is 1. The van der Waals surface area contributed by atoms with Crippen molar-refractivity contribution in [1.82, 2.24) is 9.55 Å². The second kappa shape index (κ2) is 6.10. The van der Waals surface area contributed by atoms with Gasteiger partial charge in [-0.05, 0) is 35.7 Å². The zero-order chi connectivity index (χ0) is 20.4. The highest BCUT2D eigenvalue weighted by molar-refractivity contribution is 6.21. The summed E-state index contributed by atoms with van der Waals surface area (Å²) in [6, 6.07) is 22.8. The number of benzene rings is 3. The molecule has 1 unspecified atom stereocenters. The van der Waals surface area contributed by atoms with Crippen LogP contribution in [0.5, 0.6) is 5.88 Å². The molecule has 2 N–H and O–H groups in total. The van der Waals surface area contributed by atoms with Crippen molar-refractivity contribution >= 4 is 33.2 Å². The van der Waals surface area contributed by atoms with Crippen LogP contribution in [-0.4, -0.2) is 20.4 Å². The van der Waals surface area contributed by atoms with Crippen LogP contribution in [-0.2, 0) is 7.05 Å². The third-order valence-electron chi connectivity index (χ3n) is 6.33. The molecular weight excluding hydrogens is 370 g/mol. The summed E-state index contributed by atoms with van der Waals surface area (Å²) in [6.07, 6.45) is 2.08. The Hall–Kier alpha value is -3.79. The van der Waals surface area contributed by atoms with E-state index in [2.05, 4.69) is 66.6 Å². The number of rotatable bonds is 2. The summed E-state index contributed by atoms with van der Waals surface area (Å²) < 4.78 is 1.87. The first-order chi connectivity index (χ1) is 14.6. The second-order valence-electron chi connectivity index (χ2n) is 8.01. The lowest BCUT2D eigenvalue weighted by Gasteiger charge is -2.15. The molecule has 1 aliphatic rings. The highest BCUT2D eigenvalue weighted by Crippen LogP contribution is 2.47. The van der Waals surface area contributed by atoms with E-state index in [9.17, 15) is 5.11 Å². The molecule has 0 saturated carbocycles. The molecule has 0 saturated heterocycles. The van der Waals surface area contributed by atoms with E-state index in [1.165, 1.54) is 16.5 Å². The van der Waals surface area contributed by atoms with Gasteiger partial charge in [-0.25, -0.2) is 0 Å². The van der Waals surface area contributed by atoms with E-state index in [1.54, 1.807) is 0 Å². The Balaban J connectivity index is 1.67. The maximum Gasteiger partial charge on any atom is 0.201 e. The van der Waals surface area contributed by atoms with Crippen LogP contribution in [0.15, 0.2) is 77.9 Å². The molecule has 4 nitrogen and oxygen atoms in total. The van der Waals surface area contributed by atoms with Crippen molar-refractivity contribution in [3.05, 3.63) is 95.2 Å². The van der Waals surface area contributed by atoms with E-state index in [1.807, 2.05) is 29.8 Å². The number of H-pyrrole nitrogens is 1. The molecule has 1 aliphatic heterocycles. The van der Waals surface area contributed by atoms with Crippen molar-refractivity contribution in [2.75, 3.05) is 0 Å². The van der Waals surface area contributed by atoms with Crippen molar-refractivity contribution in [2.45, 2.75) is 12.8 Å². The number of para-hydroxylation sites is 3. The molecule has 0 aliphatic carbocycles. The predicted octanol–water partition coefficient (Wildman–Crippen LogP) is 5.94. The Morgan fingerprint density at radius 1 is 0.900 bits per heavy atom. The first-order valence-corrected chi connectivity index (χ1v) is 10.2. The number of hydrogen-bond donors (Lipinski definition) is 2. The van der Waals surface area contributed by atoms with E-state index in [0.29, 0.717) is 0 Å². The lowest BCUT2D eigenvalue weighted by Crippen LogP contribution is -2.11. The molecule has 146 valence electrons. The fourth-order valence-corrected chi connectivity index (χ4v) is 4.98. The third kappa shape index (κ3) is 2.19. The van der Waals surface area contributed by atoms with Crippen LogP contribution in [0.4, 0.5) is 5.69 Å². The van der Waals surface area contributed by atoms with Crippen LogP contribution in [0, 0.1) is 6.92 Å². The molecule has 1 atom stereocenters. The van der Waals surface area contributed by atoms with Crippen molar-refractivity contribution in [1.29, 1.82) is 0 Å². The summed E-state index contributed by atoms with van der Waals surface area (Å²) in [5.74, 6) is 0.213. The van der Waals surface area contributed by atoms with Crippen LogP contribution < -0.4 is 0 Å². The standard InChI is InChI=1S/C26H21N3O/c1-15-8-7-11-18-23(26(30)29(2)25(15)18)24-22(17-10-4-6-13-21(17)28-24)19-14-27-20-12-5-3-9-16(19)20/h3-14,22,27,30H,1-2H3. The molecule has 0 spiro atoms. The van der Waals surface area contributed by atoms with Crippen LogP contribution in [0.25, 0.3) is 21.8 Å². The van der Waals surface area contributed by atoms with Gasteiger partial charge in [0.05, 0.1) is 28.4 Å². The van der Waals surface area contributed by atoms with Crippen LogP contribution in [0.2, 0.25) is 0 Å². The summed E-state index contributed by atoms with van der Waals surface area (Å²) in [5.41, 5.74) is 8.32. The largest absolute Gasteiger partial charge is 0.494 e. The maximum atomic E-state index is 11.2. The first-order valence-electron chi connectivity index (χ1n) is 10.2. The monoisotopic (exact) mass is 391 g/mol. The van der Waals surface area contributed by atoms with Crippen molar-refractivity contribution in [2.24, 2.45) is 12.0 Å². The van der Waals surface area contributed by atoms with Gasteiger partial charge >= 0.3 is 0 Å². The number of fused-ring (bicyclic) bond motifs is 3. The molecule has 5 aromatic rings.